The third-order valence-corrected chi connectivity index (χ3v) is 6.24. The van der Waals surface area contributed by atoms with Gasteiger partial charge in [0.25, 0.3) is 0 Å². The second-order valence-corrected chi connectivity index (χ2v) is 7.87. The maximum atomic E-state index is 10.0. The third kappa shape index (κ3) is 3.77. The highest BCUT2D eigenvalue weighted by Crippen LogP contribution is 2.43. The van der Waals surface area contributed by atoms with Crippen molar-refractivity contribution in [2.45, 2.75) is 46.1 Å². The zero-order valence-corrected chi connectivity index (χ0v) is 17.7. The molecule has 0 saturated carbocycles. The Balaban J connectivity index is 1.68. The van der Waals surface area contributed by atoms with Crippen LogP contribution in [0.25, 0.3) is 11.3 Å². The molecule has 0 aliphatic carbocycles. The minimum atomic E-state index is 0.606. The number of aromatic nitrogens is 3. The van der Waals surface area contributed by atoms with E-state index in [2.05, 4.69) is 50.2 Å². The molecule has 0 amide bonds. The van der Waals surface area contributed by atoms with Gasteiger partial charge in [0.15, 0.2) is 5.82 Å². The Morgan fingerprint density at radius 2 is 2.00 bits per heavy atom. The quantitative estimate of drug-likeness (QED) is 0.672. The minimum absolute atomic E-state index is 0.606. The summed E-state index contributed by atoms with van der Waals surface area (Å²) in [4.78, 5) is 2.19. The number of aryl methyl sites for hydroxylation is 1. The van der Waals surface area contributed by atoms with Gasteiger partial charge in [-0.25, -0.2) is 0 Å². The van der Waals surface area contributed by atoms with E-state index >= 15 is 0 Å². The summed E-state index contributed by atoms with van der Waals surface area (Å²) in [5, 5.41) is 21.9. The predicted octanol–water partition coefficient (Wildman–Crippen LogP) is 4.66. The van der Waals surface area contributed by atoms with Gasteiger partial charge in [-0.3, -0.25) is 0 Å². The van der Waals surface area contributed by atoms with Gasteiger partial charge in [-0.15, -0.1) is 10.2 Å². The zero-order chi connectivity index (χ0) is 20.2. The Kier molecular flexibility index (Phi) is 5.91. The van der Waals surface area contributed by atoms with Crippen molar-refractivity contribution >= 4 is 23.0 Å². The fraction of sp³-hybridized carbons (Fsp3) is 0.409. The van der Waals surface area contributed by atoms with E-state index in [1.807, 2.05) is 19.1 Å². The lowest BCUT2D eigenvalue weighted by Gasteiger charge is -2.23. The van der Waals surface area contributed by atoms with Crippen LogP contribution in [0.2, 0.25) is 0 Å². The van der Waals surface area contributed by atoms with Crippen molar-refractivity contribution in [3.05, 3.63) is 51.9 Å². The first-order valence-corrected chi connectivity index (χ1v) is 11.1. The van der Waals surface area contributed by atoms with Crippen molar-refractivity contribution in [2.24, 2.45) is 0 Å². The normalized spacial score (nSPS) is 18.0. The number of hydrogen-bond acceptors (Lipinski definition) is 6. The van der Waals surface area contributed by atoms with Crippen LogP contribution in [0.15, 0.2) is 34.7 Å². The number of fused-ring (bicyclic) bond motifs is 1. The highest BCUT2D eigenvalue weighted by molar-refractivity contribution is 8.06. The number of hydrogen-bond donors (Lipinski definition) is 0. The van der Waals surface area contributed by atoms with Gasteiger partial charge in [0.2, 0.25) is 0 Å². The number of nitriles is 1. The Hall–Kier alpha value is -2.72. The second-order valence-electron chi connectivity index (χ2n) is 7.02. The molecule has 150 valence electrons. The van der Waals surface area contributed by atoms with Crippen LogP contribution in [0.3, 0.4) is 0 Å². The highest BCUT2D eigenvalue weighted by Gasteiger charge is 2.28. The fourth-order valence-electron chi connectivity index (χ4n) is 3.83. The fourth-order valence-corrected chi connectivity index (χ4v) is 4.93. The first-order chi connectivity index (χ1) is 14.3. The molecule has 2 aromatic rings. The first kappa shape index (κ1) is 19.6. The van der Waals surface area contributed by atoms with Gasteiger partial charge in [-0.05, 0) is 56.5 Å². The molecular weight excluding hydrogens is 382 g/mol. The Bertz CT molecular complexity index is 984. The largest absolute Gasteiger partial charge is 0.494 e. The van der Waals surface area contributed by atoms with E-state index in [1.165, 1.54) is 6.42 Å². The predicted molar refractivity (Wildman–Crippen MR) is 116 cm³/mol. The number of rotatable bonds is 5. The van der Waals surface area contributed by atoms with Crippen LogP contribution in [0.1, 0.15) is 50.3 Å². The molecule has 0 atom stereocenters. The molecule has 1 aromatic carbocycles. The molecule has 6 nitrogen and oxygen atoms in total. The SMILES string of the molecule is CCOc1ccc(C2=CS/C(=C(/C#N)c3nnc4n3CCCCC4)N2CC)cc1. The molecule has 1 aromatic heterocycles. The van der Waals surface area contributed by atoms with Gasteiger partial charge in [0.05, 0.1) is 12.3 Å². The summed E-state index contributed by atoms with van der Waals surface area (Å²) in [6, 6.07) is 10.5. The molecule has 2 aliphatic heterocycles. The van der Waals surface area contributed by atoms with Crippen LogP contribution in [0, 0.1) is 11.3 Å². The summed E-state index contributed by atoms with van der Waals surface area (Å²) < 4.78 is 7.70. The standard InChI is InChI=1S/C22H25N5OS/c1-3-26-19(16-9-11-17(12-10-16)28-4-2)15-29-22(26)18(14-23)21-25-24-20-8-6-5-7-13-27(20)21/h9-12,15H,3-8,13H2,1-2H3/b22-18-. The summed E-state index contributed by atoms with van der Waals surface area (Å²) >= 11 is 1.59. The molecule has 0 radical (unpaired) electrons. The molecular formula is C22H25N5OS. The average molecular weight is 408 g/mol. The smallest absolute Gasteiger partial charge is 0.177 e. The van der Waals surface area contributed by atoms with Crippen LogP contribution < -0.4 is 4.74 Å². The molecule has 0 bridgehead atoms. The molecule has 0 N–H and O–H groups in total. The Morgan fingerprint density at radius 3 is 2.72 bits per heavy atom. The summed E-state index contributed by atoms with van der Waals surface area (Å²) in [6.07, 6.45) is 4.37. The number of ether oxygens (including phenoxy) is 1. The molecule has 7 heteroatoms. The van der Waals surface area contributed by atoms with Gasteiger partial charge < -0.3 is 14.2 Å². The van der Waals surface area contributed by atoms with E-state index in [9.17, 15) is 5.26 Å². The maximum absolute atomic E-state index is 10.0. The molecule has 0 fully saturated rings. The maximum Gasteiger partial charge on any atom is 0.177 e. The van der Waals surface area contributed by atoms with Crippen molar-refractivity contribution in [3.8, 4) is 11.8 Å². The molecule has 0 saturated heterocycles. The zero-order valence-electron chi connectivity index (χ0n) is 16.9. The number of nitrogens with zero attached hydrogens (tertiary/aromatic N) is 5. The Labute approximate surface area is 175 Å². The lowest BCUT2D eigenvalue weighted by molar-refractivity contribution is 0.340. The summed E-state index contributed by atoms with van der Waals surface area (Å²) in [7, 11) is 0. The van der Waals surface area contributed by atoms with Crippen LogP contribution in [0.4, 0.5) is 0 Å². The Morgan fingerprint density at radius 1 is 1.17 bits per heavy atom. The number of benzene rings is 1. The molecule has 3 heterocycles. The lowest BCUT2D eigenvalue weighted by Crippen LogP contribution is -2.18. The van der Waals surface area contributed by atoms with Gasteiger partial charge in [0.1, 0.15) is 28.2 Å². The second kappa shape index (κ2) is 8.75. The van der Waals surface area contributed by atoms with E-state index in [-0.39, 0.29) is 0 Å². The van der Waals surface area contributed by atoms with Crippen LogP contribution in [-0.2, 0) is 13.0 Å². The van der Waals surface area contributed by atoms with E-state index < -0.39 is 0 Å². The van der Waals surface area contributed by atoms with Crippen LogP contribution in [0.5, 0.6) is 5.75 Å². The highest BCUT2D eigenvalue weighted by atomic mass is 32.2. The van der Waals surface area contributed by atoms with Gasteiger partial charge >= 0.3 is 0 Å². The van der Waals surface area contributed by atoms with E-state index in [4.69, 9.17) is 4.74 Å². The van der Waals surface area contributed by atoms with Crippen molar-refractivity contribution < 1.29 is 4.74 Å². The van der Waals surface area contributed by atoms with Crippen LogP contribution >= 0.6 is 11.8 Å². The van der Waals surface area contributed by atoms with Crippen molar-refractivity contribution in [1.29, 1.82) is 5.26 Å². The molecule has 2 aliphatic rings. The van der Waals surface area contributed by atoms with Crippen molar-refractivity contribution in [1.82, 2.24) is 19.7 Å². The summed E-state index contributed by atoms with van der Waals surface area (Å²) in [5.41, 5.74) is 2.81. The molecule has 29 heavy (non-hydrogen) atoms. The summed E-state index contributed by atoms with van der Waals surface area (Å²) in [6.45, 7) is 6.39. The van der Waals surface area contributed by atoms with E-state index in [0.717, 1.165) is 60.2 Å². The van der Waals surface area contributed by atoms with Crippen LogP contribution in [-0.4, -0.2) is 32.8 Å². The van der Waals surface area contributed by atoms with Gasteiger partial charge in [0, 0.05) is 24.9 Å². The van der Waals surface area contributed by atoms with Gasteiger partial charge in [-0.2, -0.15) is 5.26 Å². The number of thioether (sulfide) groups is 1. The monoisotopic (exact) mass is 407 g/mol. The summed E-state index contributed by atoms with van der Waals surface area (Å²) in [5.74, 6) is 2.56. The molecule has 0 unspecified atom stereocenters. The first-order valence-electron chi connectivity index (χ1n) is 10.2. The number of allylic oxidation sites excluding steroid dienone is 1. The van der Waals surface area contributed by atoms with Gasteiger partial charge in [-0.1, -0.05) is 18.2 Å². The average Bonchev–Trinajstić information content (AvgIpc) is 3.27. The lowest BCUT2D eigenvalue weighted by atomic mass is 10.1. The topological polar surface area (TPSA) is 67.0 Å². The minimum Gasteiger partial charge on any atom is -0.494 e. The van der Waals surface area contributed by atoms with E-state index in [1.54, 1.807) is 11.8 Å². The molecule has 0 spiro atoms. The van der Waals surface area contributed by atoms with Crippen molar-refractivity contribution in [3.63, 3.8) is 0 Å². The third-order valence-electron chi connectivity index (χ3n) is 5.25. The molecule has 4 rings (SSSR count). The van der Waals surface area contributed by atoms with Crippen molar-refractivity contribution in [2.75, 3.05) is 13.2 Å². The van der Waals surface area contributed by atoms with E-state index in [0.29, 0.717) is 18.0 Å².